The van der Waals surface area contributed by atoms with Crippen molar-refractivity contribution in [2.75, 3.05) is 13.2 Å². The van der Waals surface area contributed by atoms with Gasteiger partial charge in [-0.2, -0.15) is 0 Å². The van der Waals surface area contributed by atoms with Crippen LogP contribution in [0.5, 0.6) is 0 Å². The Bertz CT molecular complexity index is 880. The summed E-state index contributed by atoms with van der Waals surface area (Å²) in [5.41, 5.74) is -0.185. The number of aliphatic hydroxyl groups is 5. The molecule has 208 valence electrons. The number of fused-ring (bicyclic) bond motifs is 1. The van der Waals surface area contributed by atoms with E-state index >= 15 is 0 Å². The van der Waals surface area contributed by atoms with Crippen LogP contribution in [0.3, 0.4) is 0 Å². The summed E-state index contributed by atoms with van der Waals surface area (Å²) >= 11 is 0. The molecule has 0 radical (unpaired) electrons. The van der Waals surface area contributed by atoms with Crippen LogP contribution in [0.15, 0.2) is 36.1 Å². The minimum absolute atomic E-state index is 0.0413. The monoisotopic (exact) mass is 526 g/mol. The molecule has 10 atom stereocenters. The zero-order chi connectivity index (χ0) is 27.3. The Hall–Kier alpha value is -2.12. The highest BCUT2D eigenvalue weighted by atomic mass is 16.8. The van der Waals surface area contributed by atoms with E-state index in [0.717, 1.165) is 0 Å². The number of hydrogen-bond acceptors (Lipinski definition) is 11. The Balaban J connectivity index is 1.66. The zero-order valence-corrected chi connectivity index (χ0v) is 21.1. The normalized spacial score (nSPS) is 37.5. The lowest BCUT2D eigenvalue weighted by Crippen LogP contribution is -2.60. The maximum absolute atomic E-state index is 12.6. The molecule has 0 unspecified atom stereocenters. The van der Waals surface area contributed by atoms with E-state index in [-0.39, 0.29) is 18.4 Å². The van der Waals surface area contributed by atoms with Crippen LogP contribution in [0.25, 0.3) is 0 Å². The second-order valence-electron chi connectivity index (χ2n) is 10.2. The first-order valence-corrected chi connectivity index (χ1v) is 12.5. The molecule has 5 N–H and O–H groups in total. The van der Waals surface area contributed by atoms with Gasteiger partial charge in [0.25, 0.3) is 0 Å². The predicted molar refractivity (Wildman–Crippen MR) is 128 cm³/mol. The Morgan fingerprint density at radius 3 is 2.59 bits per heavy atom. The Morgan fingerprint density at radius 1 is 1.22 bits per heavy atom. The average molecular weight is 527 g/mol. The van der Waals surface area contributed by atoms with Crippen molar-refractivity contribution in [1.82, 2.24) is 0 Å². The summed E-state index contributed by atoms with van der Waals surface area (Å²) in [7, 11) is 0. The van der Waals surface area contributed by atoms with Crippen LogP contribution in [0.2, 0.25) is 0 Å². The lowest BCUT2D eigenvalue weighted by molar-refractivity contribution is -0.342. The van der Waals surface area contributed by atoms with Crippen LogP contribution < -0.4 is 0 Å². The van der Waals surface area contributed by atoms with Gasteiger partial charge in [0.15, 0.2) is 6.29 Å². The molecule has 11 nitrogen and oxygen atoms in total. The number of esters is 1. The fourth-order valence-corrected chi connectivity index (χ4v) is 5.04. The molecule has 1 aliphatic carbocycles. The fraction of sp³-hybridized carbons (Fsp3) is 0.692. The number of carbonyl (C=O) groups is 2. The third-order valence-electron chi connectivity index (χ3n) is 7.48. The lowest BCUT2D eigenvalue weighted by Gasteiger charge is -2.43. The first-order chi connectivity index (χ1) is 17.5. The quantitative estimate of drug-likeness (QED) is 0.107. The lowest BCUT2D eigenvalue weighted by atomic mass is 9.83. The number of aldehydes is 1. The number of aliphatic hydroxyl groups excluding tert-OH is 4. The van der Waals surface area contributed by atoms with E-state index in [1.807, 2.05) is 0 Å². The standard InChI is InChI=1S/C26H38O11/c1-4-26(3,33)9-5-6-14(2)23(32)34-12-15-7-8-17-16(10-27)13-35-24(19(15)17)37-25-22(31)21(30)20(29)18(11-28)36-25/h4,6,10,13,15,17-22,24-25,28-31,33H,1,5,7-9,11-12H2,2-3H3/b14-6+/t15-,17-,18-,19-,20-,21+,22-,24+,25+,26-/m1/s1. The van der Waals surface area contributed by atoms with Gasteiger partial charge in [0.05, 0.1) is 25.1 Å². The van der Waals surface area contributed by atoms with Gasteiger partial charge in [-0.1, -0.05) is 12.2 Å². The molecule has 1 saturated heterocycles. The average Bonchev–Trinajstić information content (AvgIpc) is 3.32. The fourth-order valence-electron chi connectivity index (χ4n) is 5.04. The minimum atomic E-state index is -1.61. The highest BCUT2D eigenvalue weighted by Gasteiger charge is 2.51. The van der Waals surface area contributed by atoms with Crippen LogP contribution in [0.1, 0.15) is 39.5 Å². The van der Waals surface area contributed by atoms with Crippen LogP contribution in [-0.4, -0.2) is 93.6 Å². The van der Waals surface area contributed by atoms with Crippen molar-refractivity contribution in [3.63, 3.8) is 0 Å². The van der Waals surface area contributed by atoms with E-state index in [2.05, 4.69) is 6.58 Å². The van der Waals surface area contributed by atoms with Gasteiger partial charge in [-0.15, -0.1) is 6.58 Å². The molecule has 37 heavy (non-hydrogen) atoms. The number of allylic oxidation sites excluding steroid dienone is 2. The molecular formula is C26H38O11. The van der Waals surface area contributed by atoms with E-state index < -0.39 is 61.1 Å². The maximum Gasteiger partial charge on any atom is 0.333 e. The van der Waals surface area contributed by atoms with Gasteiger partial charge in [-0.3, -0.25) is 4.79 Å². The van der Waals surface area contributed by atoms with Crippen molar-refractivity contribution >= 4 is 12.3 Å². The number of rotatable bonds is 11. The van der Waals surface area contributed by atoms with Crippen molar-refractivity contribution < 1.29 is 54.1 Å². The molecule has 0 aromatic heterocycles. The molecule has 2 heterocycles. The third kappa shape index (κ3) is 6.85. The van der Waals surface area contributed by atoms with Crippen LogP contribution in [0, 0.1) is 17.8 Å². The van der Waals surface area contributed by atoms with Gasteiger partial charge in [0.1, 0.15) is 30.7 Å². The van der Waals surface area contributed by atoms with Gasteiger partial charge in [0.2, 0.25) is 6.29 Å². The number of ether oxygens (including phenoxy) is 4. The molecule has 0 aromatic rings. The second kappa shape index (κ2) is 12.6. The Morgan fingerprint density at radius 2 is 1.95 bits per heavy atom. The third-order valence-corrected chi connectivity index (χ3v) is 7.48. The molecule has 3 aliphatic rings. The van der Waals surface area contributed by atoms with E-state index in [1.165, 1.54) is 12.3 Å². The van der Waals surface area contributed by atoms with Crippen molar-refractivity contribution in [1.29, 1.82) is 0 Å². The summed E-state index contributed by atoms with van der Waals surface area (Å²) in [6.07, 6.45) is -1.04. The van der Waals surface area contributed by atoms with Gasteiger partial charge in [-0.05, 0) is 45.4 Å². The van der Waals surface area contributed by atoms with E-state index in [1.54, 1.807) is 19.9 Å². The summed E-state index contributed by atoms with van der Waals surface area (Å²) in [6.45, 7) is 6.28. The van der Waals surface area contributed by atoms with Gasteiger partial charge < -0.3 is 44.5 Å². The summed E-state index contributed by atoms with van der Waals surface area (Å²) < 4.78 is 22.5. The highest BCUT2D eigenvalue weighted by Crippen LogP contribution is 2.47. The summed E-state index contributed by atoms with van der Waals surface area (Å²) in [5, 5.41) is 49.9. The molecule has 0 amide bonds. The molecule has 1 saturated carbocycles. The molecule has 0 aromatic carbocycles. The number of hydrogen-bond donors (Lipinski definition) is 5. The van der Waals surface area contributed by atoms with Crippen LogP contribution >= 0.6 is 0 Å². The topological polar surface area (TPSA) is 172 Å². The minimum Gasteiger partial charge on any atom is -0.472 e. The predicted octanol–water partition coefficient (Wildman–Crippen LogP) is 0.0911. The Labute approximate surface area is 216 Å². The summed E-state index contributed by atoms with van der Waals surface area (Å²) in [6, 6.07) is 0. The van der Waals surface area contributed by atoms with Gasteiger partial charge in [-0.25, -0.2) is 4.79 Å². The maximum atomic E-state index is 12.6. The molecule has 0 bridgehead atoms. The zero-order valence-electron chi connectivity index (χ0n) is 21.1. The smallest absolute Gasteiger partial charge is 0.333 e. The van der Waals surface area contributed by atoms with Crippen molar-refractivity contribution in [3.8, 4) is 0 Å². The highest BCUT2D eigenvalue weighted by molar-refractivity contribution is 5.87. The van der Waals surface area contributed by atoms with Crippen molar-refractivity contribution in [3.05, 3.63) is 36.1 Å². The summed E-state index contributed by atoms with van der Waals surface area (Å²) in [4.78, 5) is 24.2. The van der Waals surface area contributed by atoms with Crippen LogP contribution in [0.4, 0.5) is 0 Å². The SMILES string of the molecule is C=C[C@@](C)(O)CC/C=C(\C)C(=O)OC[C@H]1CC[C@@H]2C(C=O)=CO[C@@H](O[C@@H]3O[C@H](CO)[C@@H](O)[C@H](O)[C@H]3O)[C@H]12. The summed E-state index contributed by atoms with van der Waals surface area (Å²) in [5.74, 6) is -1.39. The molecule has 11 heteroatoms. The molecule has 3 rings (SSSR count). The largest absolute Gasteiger partial charge is 0.472 e. The van der Waals surface area contributed by atoms with Crippen LogP contribution in [-0.2, 0) is 28.5 Å². The van der Waals surface area contributed by atoms with Gasteiger partial charge in [0, 0.05) is 23.0 Å². The second-order valence-corrected chi connectivity index (χ2v) is 10.2. The van der Waals surface area contributed by atoms with Crippen molar-refractivity contribution in [2.45, 2.75) is 82.1 Å². The van der Waals surface area contributed by atoms with Crippen molar-refractivity contribution in [2.24, 2.45) is 17.8 Å². The molecule has 0 spiro atoms. The van der Waals surface area contributed by atoms with E-state index in [9.17, 15) is 35.1 Å². The van der Waals surface area contributed by atoms with E-state index in [4.69, 9.17) is 18.9 Å². The molecular weight excluding hydrogens is 488 g/mol. The molecule has 2 fully saturated rings. The first-order valence-electron chi connectivity index (χ1n) is 12.5. The van der Waals surface area contributed by atoms with E-state index in [0.29, 0.717) is 43.1 Å². The molecule has 2 aliphatic heterocycles. The Kier molecular flexibility index (Phi) is 10.0. The first kappa shape index (κ1) is 29.4. The number of carbonyl (C=O) groups excluding carboxylic acids is 2. The van der Waals surface area contributed by atoms with Gasteiger partial charge >= 0.3 is 5.97 Å².